The molecule has 0 heterocycles. The van der Waals surface area contributed by atoms with Crippen molar-refractivity contribution < 1.29 is 9.53 Å². The highest BCUT2D eigenvalue weighted by molar-refractivity contribution is 7.80. The Morgan fingerprint density at radius 2 is 2.00 bits per heavy atom. The van der Waals surface area contributed by atoms with Crippen LogP contribution in [0.25, 0.3) is 0 Å². The lowest BCUT2D eigenvalue weighted by Crippen LogP contribution is -2.42. The first kappa shape index (κ1) is 15.2. The van der Waals surface area contributed by atoms with Gasteiger partial charge in [-0.3, -0.25) is 4.79 Å². The minimum Gasteiger partial charge on any atom is -0.383 e. The van der Waals surface area contributed by atoms with Gasteiger partial charge in [-0.1, -0.05) is 12.8 Å². The Hall–Kier alpha value is -0.880. The lowest BCUT2D eigenvalue weighted by atomic mass is 10.3. The molecule has 0 aromatic heterocycles. The van der Waals surface area contributed by atoms with Gasteiger partial charge in [0.1, 0.15) is 0 Å². The molecule has 0 saturated heterocycles. The molecule has 3 N–H and O–H groups in total. The number of methoxy groups -OCH3 is 1. The largest absolute Gasteiger partial charge is 0.383 e. The van der Waals surface area contributed by atoms with Crippen LogP contribution in [0, 0.1) is 0 Å². The van der Waals surface area contributed by atoms with Crippen LogP contribution in [-0.2, 0) is 9.53 Å². The summed E-state index contributed by atoms with van der Waals surface area (Å²) in [6, 6.07) is 0.514. The normalized spacial score (nSPS) is 15.4. The van der Waals surface area contributed by atoms with E-state index in [1.807, 2.05) is 0 Å². The molecule has 0 aromatic rings. The molecule has 1 rings (SSSR count). The Morgan fingerprint density at radius 1 is 1.28 bits per heavy atom. The Kier molecular flexibility index (Phi) is 7.68. The fraction of sp³-hybridized carbons (Fsp3) is 0.833. The van der Waals surface area contributed by atoms with Crippen molar-refractivity contribution >= 4 is 23.2 Å². The summed E-state index contributed by atoms with van der Waals surface area (Å²) in [4.78, 5) is 11.4. The molecule has 0 atom stereocenters. The van der Waals surface area contributed by atoms with Gasteiger partial charge in [0.05, 0.1) is 6.61 Å². The van der Waals surface area contributed by atoms with Gasteiger partial charge in [-0.2, -0.15) is 0 Å². The van der Waals surface area contributed by atoms with E-state index in [4.69, 9.17) is 17.0 Å². The molecule has 0 unspecified atom stereocenters. The predicted octanol–water partition coefficient (Wildman–Crippen LogP) is 0.546. The van der Waals surface area contributed by atoms with Gasteiger partial charge < -0.3 is 20.7 Å². The zero-order chi connectivity index (χ0) is 13.2. The first-order valence-electron chi connectivity index (χ1n) is 6.52. The summed E-state index contributed by atoms with van der Waals surface area (Å²) in [7, 11) is 1.61. The van der Waals surface area contributed by atoms with E-state index < -0.39 is 0 Å². The van der Waals surface area contributed by atoms with Crippen LogP contribution in [0.2, 0.25) is 0 Å². The summed E-state index contributed by atoms with van der Waals surface area (Å²) in [5.74, 6) is 0.0169. The molecule has 0 radical (unpaired) electrons. The standard InChI is InChI=1S/C12H23N3O2S/c1-17-9-8-13-11(16)6-7-14-12(18)15-10-4-2-3-5-10/h10H,2-9H2,1H3,(H,13,16)(H2,14,15,18). The van der Waals surface area contributed by atoms with Gasteiger partial charge in [-0.15, -0.1) is 0 Å². The van der Waals surface area contributed by atoms with Crippen molar-refractivity contribution in [1.82, 2.24) is 16.0 Å². The Morgan fingerprint density at radius 3 is 2.67 bits per heavy atom. The number of rotatable bonds is 7. The van der Waals surface area contributed by atoms with Crippen LogP contribution >= 0.6 is 12.2 Å². The van der Waals surface area contributed by atoms with E-state index in [2.05, 4.69) is 16.0 Å². The van der Waals surface area contributed by atoms with Crippen LogP contribution in [0.1, 0.15) is 32.1 Å². The Bertz CT molecular complexity index is 268. The molecule has 1 aliphatic rings. The third-order valence-electron chi connectivity index (χ3n) is 2.96. The van der Waals surface area contributed by atoms with Crippen LogP contribution in [-0.4, -0.2) is 43.9 Å². The van der Waals surface area contributed by atoms with Crippen molar-refractivity contribution in [1.29, 1.82) is 0 Å². The lowest BCUT2D eigenvalue weighted by Gasteiger charge is -2.15. The van der Waals surface area contributed by atoms with Crippen molar-refractivity contribution in [3.63, 3.8) is 0 Å². The third kappa shape index (κ3) is 6.76. The van der Waals surface area contributed by atoms with Crippen LogP contribution in [0.3, 0.4) is 0 Å². The van der Waals surface area contributed by atoms with Gasteiger partial charge in [0, 0.05) is 32.7 Å². The van der Waals surface area contributed by atoms with Gasteiger partial charge in [-0.25, -0.2) is 0 Å². The summed E-state index contributed by atoms with van der Waals surface area (Å²) in [5.41, 5.74) is 0. The van der Waals surface area contributed by atoms with E-state index in [0.29, 0.717) is 37.3 Å². The number of amides is 1. The third-order valence-corrected chi connectivity index (χ3v) is 3.22. The topological polar surface area (TPSA) is 62.4 Å². The number of thiocarbonyl (C=S) groups is 1. The molecule has 1 saturated carbocycles. The van der Waals surface area contributed by atoms with Gasteiger partial charge in [0.25, 0.3) is 0 Å². The van der Waals surface area contributed by atoms with E-state index in [-0.39, 0.29) is 5.91 Å². The molecule has 1 amide bonds. The number of hydrogen-bond acceptors (Lipinski definition) is 3. The molecule has 18 heavy (non-hydrogen) atoms. The summed E-state index contributed by atoms with van der Waals surface area (Å²) in [6.45, 7) is 1.66. The maximum absolute atomic E-state index is 11.4. The number of nitrogens with one attached hydrogen (secondary N) is 3. The molecule has 1 fully saturated rings. The average molecular weight is 273 g/mol. The van der Waals surface area contributed by atoms with Crippen molar-refractivity contribution in [2.45, 2.75) is 38.1 Å². The number of ether oxygens (including phenoxy) is 1. The molecule has 1 aliphatic carbocycles. The van der Waals surface area contributed by atoms with E-state index >= 15 is 0 Å². The highest BCUT2D eigenvalue weighted by Gasteiger charge is 2.15. The zero-order valence-electron chi connectivity index (χ0n) is 11.0. The quantitative estimate of drug-likeness (QED) is 0.467. The lowest BCUT2D eigenvalue weighted by molar-refractivity contribution is -0.121. The van der Waals surface area contributed by atoms with Gasteiger partial charge in [0.15, 0.2) is 5.11 Å². The molecular formula is C12H23N3O2S. The van der Waals surface area contributed by atoms with Crippen molar-refractivity contribution in [3.8, 4) is 0 Å². The van der Waals surface area contributed by atoms with E-state index in [1.165, 1.54) is 25.7 Å². The van der Waals surface area contributed by atoms with Crippen LogP contribution < -0.4 is 16.0 Å². The highest BCUT2D eigenvalue weighted by Crippen LogP contribution is 2.17. The first-order valence-corrected chi connectivity index (χ1v) is 6.93. The van der Waals surface area contributed by atoms with Gasteiger partial charge >= 0.3 is 0 Å². The Balaban J connectivity index is 1.98. The Labute approximate surface area is 114 Å². The van der Waals surface area contributed by atoms with E-state index in [9.17, 15) is 4.79 Å². The van der Waals surface area contributed by atoms with E-state index in [0.717, 1.165) is 0 Å². The van der Waals surface area contributed by atoms with E-state index in [1.54, 1.807) is 7.11 Å². The molecular weight excluding hydrogens is 250 g/mol. The summed E-state index contributed by atoms with van der Waals surface area (Å²) >= 11 is 5.17. The second-order valence-corrected chi connectivity index (χ2v) is 4.88. The molecule has 0 spiro atoms. The van der Waals surface area contributed by atoms with Crippen molar-refractivity contribution in [2.24, 2.45) is 0 Å². The molecule has 6 heteroatoms. The minimum atomic E-state index is 0.0169. The van der Waals surface area contributed by atoms with Crippen molar-refractivity contribution in [3.05, 3.63) is 0 Å². The molecule has 0 aliphatic heterocycles. The zero-order valence-corrected chi connectivity index (χ0v) is 11.8. The SMILES string of the molecule is COCCNC(=O)CCNC(=S)NC1CCCC1. The fourth-order valence-corrected chi connectivity index (χ4v) is 2.25. The van der Waals surface area contributed by atoms with Crippen LogP contribution in [0.5, 0.6) is 0 Å². The fourth-order valence-electron chi connectivity index (χ4n) is 1.98. The number of carbonyl (C=O) groups excluding carboxylic acids is 1. The average Bonchev–Trinajstić information content (AvgIpc) is 2.82. The summed E-state index contributed by atoms with van der Waals surface area (Å²) in [6.07, 6.45) is 5.37. The monoisotopic (exact) mass is 273 g/mol. The smallest absolute Gasteiger partial charge is 0.221 e. The predicted molar refractivity (Wildman–Crippen MR) is 75.5 cm³/mol. The van der Waals surface area contributed by atoms with Gasteiger partial charge in [0.2, 0.25) is 5.91 Å². The van der Waals surface area contributed by atoms with Crippen LogP contribution in [0.15, 0.2) is 0 Å². The molecule has 0 aromatic carbocycles. The molecule has 5 nitrogen and oxygen atoms in total. The number of carbonyl (C=O) groups is 1. The maximum Gasteiger partial charge on any atom is 0.221 e. The number of hydrogen-bond donors (Lipinski definition) is 3. The second-order valence-electron chi connectivity index (χ2n) is 4.47. The second kappa shape index (κ2) is 9.10. The van der Waals surface area contributed by atoms with Gasteiger partial charge in [-0.05, 0) is 25.1 Å². The first-order chi connectivity index (χ1) is 8.72. The van der Waals surface area contributed by atoms with Crippen molar-refractivity contribution in [2.75, 3.05) is 26.8 Å². The molecule has 104 valence electrons. The van der Waals surface area contributed by atoms with Crippen LogP contribution in [0.4, 0.5) is 0 Å². The maximum atomic E-state index is 11.4. The minimum absolute atomic E-state index is 0.0169. The highest BCUT2D eigenvalue weighted by atomic mass is 32.1. The summed E-state index contributed by atoms with van der Waals surface area (Å²) in [5, 5.41) is 9.75. The molecule has 0 bridgehead atoms. The summed E-state index contributed by atoms with van der Waals surface area (Å²) < 4.78 is 4.85.